The molecule has 0 bridgehead atoms. The smallest absolute Gasteiger partial charge is 0.243 e. The molecule has 1 aliphatic rings. The number of hydrogen-bond donors (Lipinski definition) is 2. The molecule has 26 heavy (non-hydrogen) atoms. The number of carbonyl (C=O) groups is 2. The van der Waals surface area contributed by atoms with Crippen molar-refractivity contribution in [3.63, 3.8) is 0 Å². The van der Waals surface area contributed by atoms with Gasteiger partial charge in [-0.1, -0.05) is 32.0 Å². The molecule has 5 heteroatoms. The summed E-state index contributed by atoms with van der Waals surface area (Å²) in [6, 6.07) is 15.5. The van der Waals surface area contributed by atoms with Crippen molar-refractivity contribution in [1.82, 2.24) is 0 Å². The van der Waals surface area contributed by atoms with Gasteiger partial charge in [-0.05, 0) is 48.2 Å². The lowest BCUT2D eigenvalue weighted by atomic mass is 10.0. The van der Waals surface area contributed by atoms with E-state index in [0.29, 0.717) is 12.3 Å². The zero-order chi connectivity index (χ0) is 18.5. The van der Waals surface area contributed by atoms with Crippen LogP contribution in [-0.2, 0) is 9.59 Å². The zero-order valence-corrected chi connectivity index (χ0v) is 15.3. The van der Waals surface area contributed by atoms with Gasteiger partial charge in [0.25, 0.3) is 0 Å². The largest absolute Gasteiger partial charge is 0.376 e. The molecule has 1 saturated heterocycles. The second-order valence-corrected chi connectivity index (χ2v) is 6.84. The van der Waals surface area contributed by atoms with Gasteiger partial charge in [0, 0.05) is 30.0 Å². The molecule has 2 amide bonds. The number of rotatable bonds is 6. The predicted molar refractivity (Wildman–Crippen MR) is 106 cm³/mol. The highest BCUT2D eigenvalue weighted by molar-refractivity contribution is 5.96. The Morgan fingerprint density at radius 1 is 1.12 bits per heavy atom. The molecule has 1 heterocycles. The Morgan fingerprint density at radius 3 is 2.50 bits per heavy atom. The monoisotopic (exact) mass is 351 g/mol. The number of amides is 2. The molecule has 0 aromatic heterocycles. The third-order valence-electron chi connectivity index (χ3n) is 4.56. The van der Waals surface area contributed by atoms with Crippen LogP contribution in [0.25, 0.3) is 0 Å². The van der Waals surface area contributed by atoms with Gasteiger partial charge in [-0.15, -0.1) is 0 Å². The van der Waals surface area contributed by atoms with Crippen LogP contribution in [0, 0.1) is 0 Å². The number of benzene rings is 2. The summed E-state index contributed by atoms with van der Waals surface area (Å²) in [7, 11) is 0. The summed E-state index contributed by atoms with van der Waals surface area (Å²) in [5.41, 5.74) is 3.79. The molecule has 2 aromatic carbocycles. The highest BCUT2D eigenvalue weighted by atomic mass is 16.2. The highest BCUT2D eigenvalue weighted by Crippen LogP contribution is 2.24. The van der Waals surface area contributed by atoms with Gasteiger partial charge in [0.1, 0.15) is 0 Å². The molecular formula is C21H25N3O2. The lowest BCUT2D eigenvalue weighted by Gasteiger charge is -2.16. The highest BCUT2D eigenvalue weighted by Gasteiger charge is 2.21. The SMILES string of the molecule is CC(C)c1ccccc1NCC(=O)Nc1ccc(N2CCCC2=O)cc1. The first kappa shape index (κ1) is 18.0. The summed E-state index contributed by atoms with van der Waals surface area (Å²) in [5.74, 6) is 0.450. The summed E-state index contributed by atoms with van der Waals surface area (Å²) in [6.45, 7) is 5.24. The van der Waals surface area contributed by atoms with Crippen molar-refractivity contribution < 1.29 is 9.59 Å². The Kier molecular flexibility index (Phi) is 5.56. The van der Waals surface area contributed by atoms with Crippen LogP contribution in [0.2, 0.25) is 0 Å². The Morgan fingerprint density at radius 2 is 1.85 bits per heavy atom. The first-order valence-electron chi connectivity index (χ1n) is 9.07. The van der Waals surface area contributed by atoms with Crippen molar-refractivity contribution in [2.45, 2.75) is 32.6 Å². The Bertz CT molecular complexity index is 784. The minimum Gasteiger partial charge on any atom is -0.376 e. The van der Waals surface area contributed by atoms with Crippen LogP contribution in [0.1, 0.15) is 38.2 Å². The molecule has 136 valence electrons. The maximum absolute atomic E-state index is 12.2. The summed E-state index contributed by atoms with van der Waals surface area (Å²) in [5, 5.41) is 6.10. The van der Waals surface area contributed by atoms with Crippen molar-refractivity contribution in [1.29, 1.82) is 0 Å². The molecule has 1 aliphatic heterocycles. The van der Waals surface area contributed by atoms with Crippen LogP contribution < -0.4 is 15.5 Å². The van der Waals surface area contributed by atoms with E-state index in [1.165, 1.54) is 5.56 Å². The fraction of sp³-hybridized carbons (Fsp3) is 0.333. The topological polar surface area (TPSA) is 61.4 Å². The average molecular weight is 351 g/mol. The van der Waals surface area contributed by atoms with Crippen LogP contribution in [0.4, 0.5) is 17.1 Å². The number of hydrogen-bond acceptors (Lipinski definition) is 3. The Balaban J connectivity index is 1.56. The summed E-state index contributed by atoms with van der Waals surface area (Å²) < 4.78 is 0. The maximum Gasteiger partial charge on any atom is 0.243 e. The van der Waals surface area contributed by atoms with Gasteiger partial charge < -0.3 is 15.5 Å². The minimum absolute atomic E-state index is 0.103. The maximum atomic E-state index is 12.2. The van der Waals surface area contributed by atoms with Gasteiger partial charge in [-0.25, -0.2) is 0 Å². The van der Waals surface area contributed by atoms with Crippen molar-refractivity contribution in [3.05, 3.63) is 54.1 Å². The van der Waals surface area contributed by atoms with Crippen LogP contribution >= 0.6 is 0 Å². The molecule has 5 nitrogen and oxygen atoms in total. The molecule has 0 aliphatic carbocycles. The molecule has 2 aromatic rings. The second-order valence-electron chi connectivity index (χ2n) is 6.84. The van der Waals surface area contributed by atoms with Crippen molar-refractivity contribution in [3.8, 4) is 0 Å². The fourth-order valence-electron chi connectivity index (χ4n) is 3.19. The molecular weight excluding hydrogens is 326 g/mol. The first-order valence-corrected chi connectivity index (χ1v) is 9.07. The first-order chi connectivity index (χ1) is 12.5. The Labute approximate surface area is 154 Å². The van der Waals surface area contributed by atoms with E-state index in [9.17, 15) is 9.59 Å². The van der Waals surface area contributed by atoms with E-state index in [-0.39, 0.29) is 18.4 Å². The molecule has 0 unspecified atom stereocenters. The van der Waals surface area contributed by atoms with E-state index >= 15 is 0 Å². The quantitative estimate of drug-likeness (QED) is 0.827. The summed E-state index contributed by atoms with van der Waals surface area (Å²) >= 11 is 0. The number of nitrogens with one attached hydrogen (secondary N) is 2. The van der Waals surface area contributed by atoms with Gasteiger partial charge >= 0.3 is 0 Å². The number of para-hydroxylation sites is 1. The Hall–Kier alpha value is -2.82. The fourth-order valence-corrected chi connectivity index (χ4v) is 3.19. The van der Waals surface area contributed by atoms with Crippen LogP contribution in [-0.4, -0.2) is 24.9 Å². The van der Waals surface area contributed by atoms with Gasteiger partial charge in [0.2, 0.25) is 11.8 Å². The normalized spacial score (nSPS) is 14.0. The van der Waals surface area contributed by atoms with E-state index in [1.807, 2.05) is 42.5 Å². The van der Waals surface area contributed by atoms with Gasteiger partial charge in [0.05, 0.1) is 6.54 Å². The van der Waals surface area contributed by atoms with Crippen LogP contribution in [0.15, 0.2) is 48.5 Å². The van der Waals surface area contributed by atoms with Crippen LogP contribution in [0.5, 0.6) is 0 Å². The van der Waals surface area contributed by atoms with E-state index in [2.05, 4.69) is 30.5 Å². The van der Waals surface area contributed by atoms with E-state index < -0.39 is 0 Å². The van der Waals surface area contributed by atoms with Gasteiger partial charge in [0.15, 0.2) is 0 Å². The van der Waals surface area contributed by atoms with Gasteiger partial charge in [-0.2, -0.15) is 0 Å². The second kappa shape index (κ2) is 8.04. The van der Waals surface area contributed by atoms with Crippen LogP contribution in [0.3, 0.4) is 0 Å². The minimum atomic E-state index is -0.103. The van der Waals surface area contributed by atoms with E-state index in [4.69, 9.17) is 0 Å². The van der Waals surface area contributed by atoms with E-state index in [0.717, 1.165) is 30.0 Å². The lowest BCUT2D eigenvalue weighted by Crippen LogP contribution is -2.24. The predicted octanol–water partition coefficient (Wildman–Crippen LogP) is 3.99. The molecule has 0 radical (unpaired) electrons. The molecule has 1 fully saturated rings. The molecule has 0 spiro atoms. The van der Waals surface area contributed by atoms with E-state index in [1.54, 1.807) is 4.90 Å². The van der Waals surface area contributed by atoms with Gasteiger partial charge in [-0.3, -0.25) is 9.59 Å². The van der Waals surface area contributed by atoms with Crippen molar-refractivity contribution in [2.75, 3.05) is 28.6 Å². The molecule has 0 atom stereocenters. The number of nitrogens with zero attached hydrogens (tertiary/aromatic N) is 1. The average Bonchev–Trinajstić information content (AvgIpc) is 3.07. The summed E-state index contributed by atoms with van der Waals surface area (Å²) in [4.78, 5) is 25.8. The zero-order valence-electron chi connectivity index (χ0n) is 15.3. The lowest BCUT2D eigenvalue weighted by molar-refractivity contribution is -0.117. The third kappa shape index (κ3) is 4.23. The number of anilines is 3. The standard InChI is InChI=1S/C21H25N3O2/c1-15(2)18-6-3-4-7-19(18)22-14-20(25)23-16-9-11-17(12-10-16)24-13-5-8-21(24)26/h3-4,6-7,9-12,15,22H,5,8,13-14H2,1-2H3,(H,23,25). The molecule has 3 rings (SSSR count). The van der Waals surface area contributed by atoms with Crippen molar-refractivity contribution in [2.24, 2.45) is 0 Å². The molecule has 2 N–H and O–H groups in total. The third-order valence-corrected chi connectivity index (χ3v) is 4.56. The van der Waals surface area contributed by atoms with Crippen molar-refractivity contribution >= 4 is 28.9 Å². The number of carbonyl (C=O) groups excluding carboxylic acids is 2. The molecule has 0 saturated carbocycles. The summed E-state index contributed by atoms with van der Waals surface area (Å²) in [6.07, 6.45) is 1.52.